The number of rotatable bonds is 5. The molecule has 0 saturated heterocycles. The summed E-state index contributed by atoms with van der Waals surface area (Å²) >= 11 is 0. The minimum Gasteiger partial charge on any atom is -0.481 e. The average Bonchev–Trinajstić information content (AvgIpc) is 2.89. The van der Waals surface area contributed by atoms with Crippen molar-refractivity contribution in [2.24, 2.45) is 5.41 Å². The molecule has 112 valence electrons. The van der Waals surface area contributed by atoms with Crippen molar-refractivity contribution < 1.29 is 19.6 Å². The Kier molecular flexibility index (Phi) is 4.21. The average molecular weight is 292 g/mol. The lowest BCUT2D eigenvalue weighted by molar-refractivity contribution is -0.384. The van der Waals surface area contributed by atoms with Gasteiger partial charge in [-0.1, -0.05) is 12.8 Å². The number of nitro groups is 1. The van der Waals surface area contributed by atoms with Crippen LogP contribution < -0.4 is 5.32 Å². The number of nitrogens with one attached hydrogen (secondary N) is 1. The van der Waals surface area contributed by atoms with E-state index >= 15 is 0 Å². The van der Waals surface area contributed by atoms with E-state index in [0.29, 0.717) is 18.5 Å². The van der Waals surface area contributed by atoms with Crippen molar-refractivity contribution in [3.05, 3.63) is 34.4 Å². The summed E-state index contributed by atoms with van der Waals surface area (Å²) in [4.78, 5) is 33.4. The van der Waals surface area contributed by atoms with E-state index in [-0.39, 0.29) is 18.0 Å². The van der Waals surface area contributed by atoms with E-state index in [0.717, 1.165) is 12.8 Å². The van der Waals surface area contributed by atoms with Crippen LogP contribution in [0.3, 0.4) is 0 Å². The van der Waals surface area contributed by atoms with E-state index < -0.39 is 16.3 Å². The molecule has 2 N–H and O–H groups in total. The number of carboxylic acid groups (broad SMARTS) is 1. The second-order valence-corrected chi connectivity index (χ2v) is 5.32. The monoisotopic (exact) mass is 292 g/mol. The first kappa shape index (κ1) is 15.0. The van der Waals surface area contributed by atoms with Gasteiger partial charge in [0.1, 0.15) is 0 Å². The standard InChI is InChI=1S/C14H16N2O5/c17-12(9-14(13(18)19)7-1-2-8-14)15-10-3-5-11(6-4-10)16(20)21/h3-6H,1-2,7-9H2,(H,15,17)(H,18,19). The van der Waals surface area contributed by atoms with Gasteiger partial charge in [-0.05, 0) is 25.0 Å². The van der Waals surface area contributed by atoms with Crippen LogP contribution in [0.4, 0.5) is 11.4 Å². The van der Waals surface area contributed by atoms with Crippen LogP contribution in [0.5, 0.6) is 0 Å². The number of aliphatic carboxylic acids is 1. The van der Waals surface area contributed by atoms with Crippen molar-refractivity contribution in [3.8, 4) is 0 Å². The summed E-state index contributed by atoms with van der Waals surface area (Å²) < 4.78 is 0. The van der Waals surface area contributed by atoms with E-state index in [4.69, 9.17) is 0 Å². The number of carbonyl (C=O) groups is 2. The quantitative estimate of drug-likeness (QED) is 0.640. The molecule has 0 aliphatic heterocycles. The molecule has 0 atom stereocenters. The SMILES string of the molecule is O=C(CC1(C(=O)O)CCCC1)Nc1ccc([N+](=O)[O-])cc1. The fraction of sp³-hybridized carbons (Fsp3) is 0.429. The molecule has 0 heterocycles. The Labute approximate surface area is 121 Å². The summed E-state index contributed by atoms with van der Waals surface area (Å²) in [5.74, 6) is -1.31. The second kappa shape index (κ2) is 5.90. The predicted octanol–water partition coefficient (Wildman–Crippen LogP) is 2.57. The first-order valence-corrected chi connectivity index (χ1v) is 6.71. The maximum Gasteiger partial charge on any atom is 0.310 e. The molecule has 2 rings (SSSR count). The van der Waals surface area contributed by atoms with Crippen LogP contribution in [-0.2, 0) is 9.59 Å². The third kappa shape index (κ3) is 3.36. The van der Waals surface area contributed by atoms with Gasteiger partial charge in [0, 0.05) is 24.2 Å². The van der Waals surface area contributed by atoms with Gasteiger partial charge in [-0.2, -0.15) is 0 Å². The third-order valence-corrected chi connectivity index (χ3v) is 3.88. The molecule has 21 heavy (non-hydrogen) atoms. The summed E-state index contributed by atoms with van der Waals surface area (Å²) in [6.45, 7) is 0. The largest absolute Gasteiger partial charge is 0.481 e. The van der Waals surface area contributed by atoms with Gasteiger partial charge in [0.2, 0.25) is 5.91 Å². The van der Waals surface area contributed by atoms with Gasteiger partial charge in [0.15, 0.2) is 0 Å². The smallest absolute Gasteiger partial charge is 0.310 e. The number of non-ortho nitro benzene ring substituents is 1. The molecule has 0 aromatic heterocycles. The van der Waals surface area contributed by atoms with Gasteiger partial charge < -0.3 is 10.4 Å². The van der Waals surface area contributed by atoms with Crippen LogP contribution in [0.2, 0.25) is 0 Å². The zero-order valence-corrected chi connectivity index (χ0v) is 11.4. The van der Waals surface area contributed by atoms with Gasteiger partial charge in [-0.15, -0.1) is 0 Å². The maximum atomic E-state index is 12.0. The van der Waals surface area contributed by atoms with Gasteiger partial charge in [0.25, 0.3) is 5.69 Å². The lowest BCUT2D eigenvalue weighted by Gasteiger charge is -2.22. The van der Waals surface area contributed by atoms with Crippen LogP contribution >= 0.6 is 0 Å². The molecule has 1 aromatic carbocycles. The zero-order chi connectivity index (χ0) is 15.5. The molecule has 1 aromatic rings. The summed E-state index contributed by atoms with van der Waals surface area (Å²) in [7, 11) is 0. The molecule has 7 heteroatoms. The number of amides is 1. The summed E-state index contributed by atoms with van der Waals surface area (Å²) in [6, 6.07) is 5.44. The Morgan fingerprint density at radius 1 is 1.24 bits per heavy atom. The highest BCUT2D eigenvalue weighted by molar-refractivity contribution is 5.94. The van der Waals surface area contributed by atoms with Crippen molar-refractivity contribution in [2.45, 2.75) is 32.1 Å². The maximum absolute atomic E-state index is 12.0. The second-order valence-electron chi connectivity index (χ2n) is 5.32. The van der Waals surface area contributed by atoms with Crippen LogP contribution in [0, 0.1) is 15.5 Å². The number of hydrogen-bond donors (Lipinski definition) is 2. The van der Waals surface area contributed by atoms with E-state index in [1.165, 1.54) is 24.3 Å². The van der Waals surface area contributed by atoms with Crippen LogP contribution in [0.15, 0.2) is 24.3 Å². The molecular formula is C14H16N2O5. The van der Waals surface area contributed by atoms with Crippen molar-refractivity contribution in [3.63, 3.8) is 0 Å². The van der Waals surface area contributed by atoms with Crippen LogP contribution in [0.1, 0.15) is 32.1 Å². The number of carboxylic acids is 1. The minimum absolute atomic E-state index is 0.0641. The Morgan fingerprint density at radius 3 is 2.29 bits per heavy atom. The number of anilines is 1. The molecule has 0 bridgehead atoms. The molecule has 1 amide bonds. The highest BCUT2D eigenvalue weighted by Crippen LogP contribution is 2.41. The first-order valence-electron chi connectivity index (χ1n) is 6.71. The molecular weight excluding hydrogens is 276 g/mol. The first-order chi connectivity index (χ1) is 9.93. The number of benzene rings is 1. The zero-order valence-electron chi connectivity index (χ0n) is 11.4. The highest BCUT2D eigenvalue weighted by atomic mass is 16.6. The van der Waals surface area contributed by atoms with Crippen molar-refractivity contribution in [1.82, 2.24) is 0 Å². The van der Waals surface area contributed by atoms with E-state index in [2.05, 4.69) is 5.32 Å². The lowest BCUT2D eigenvalue weighted by atomic mass is 9.82. The van der Waals surface area contributed by atoms with E-state index in [1.807, 2.05) is 0 Å². The van der Waals surface area contributed by atoms with E-state index in [9.17, 15) is 24.8 Å². The van der Waals surface area contributed by atoms with Crippen LogP contribution in [0.25, 0.3) is 0 Å². The number of hydrogen-bond acceptors (Lipinski definition) is 4. The number of nitrogens with zero attached hydrogens (tertiary/aromatic N) is 1. The van der Waals surface area contributed by atoms with Gasteiger partial charge in [-0.3, -0.25) is 19.7 Å². The van der Waals surface area contributed by atoms with Gasteiger partial charge in [-0.25, -0.2) is 0 Å². The molecule has 1 aliphatic carbocycles. The third-order valence-electron chi connectivity index (χ3n) is 3.88. The molecule has 1 fully saturated rings. The molecule has 7 nitrogen and oxygen atoms in total. The Hall–Kier alpha value is -2.44. The molecule has 1 saturated carbocycles. The van der Waals surface area contributed by atoms with Crippen molar-refractivity contribution >= 4 is 23.3 Å². The van der Waals surface area contributed by atoms with Gasteiger partial charge in [0.05, 0.1) is 10.3 Å². The van der Waals surface area contributed by atoms with Crippen LogP contribution in [-0.4, -0.2) is 21.9 Å². The van der Waals surface area contributed by atoms with Crippen molar-refractivity contribution in [2.75, 3.05) is 5.32 Å². The molecule has 0 radical (unpaired) electrons. The Morgan fingerprint density at radius 2 is 1.81 bits per heavy atom. The number of nitro benzene ring substituents is 1. The summed E-state index contributed by atoms with van der Waals surface area (Å²) in [5.41, 5.74) is -0.611. The van der Waals surface area contributed by atoms with Gasteiger partial charge >= 0.3 is 5.97 Å². The lowest BCUT2D eigenvalue weighted by Crippen LogP contribution is -2.32. The van der Waals surface area contributed by atoms with E-state index in [1.54, 1.807) is 0 Å². The predicted molar refractivity (Wildman–Crippen MR) is 74.9 cm³/mol. The summed E-state index contributed by atoms with van der Waals surface area (Å²) in [6.07, 6.45) is 2.58. The minimum atomic E-state index is -0.967. The normalized spacial score (nSPS) is 16.4. The molecule has 0 unspecified atom stereocenters. The topological polar surface area (TPSA) is 110 Å². The fourth-order valence-corrected chi connectivity index (χ4v) is 2.70. The van der Waals surface area contributed by atoms with Crippen molar-refractivity contribution in [1.29, 1.82) is 0 Å². The molecule has 1 aliphatic rings. The highest BCUT2D eigenvalue weighted by Gasteiger charge is 2.42. The Balaban J connectivity index is 2.01. The summed E-state index contributed by atoms with van der Waals surface area (Å²) in [5, 5.41) is 22.4. The molecule has 0 spiro atoms. The fourth-order valence-electron chi connectivity index (χ4n) is 2.70. The number of carbonyl (C=O) groups excluding carboxylic acids is 1. The Bertz CT molecular complexity index is 561.